The zero-order valence-corrected chi connectivity index (χ0v) is 12.1. The van der Waals surface area contributed by atoms with Crippen molar-refractivity contribution in [2.75, 3.05) is 5.32 Å². The van der Waals surface area contributed by atoms with Gasteiger partial charge in [0.2, 0.25) is 0 Å². The van der Waals surface area contributed by atoms with E-state index in [9.17, 15) is 8.78 Å². The van der Waals surface area contributed by atoms with E-state index in [4.69, 9.17) is 17.3 Å². The van der Waals surface area contributed by atoms with Gasteiger partial charge in [-0.3, -0.25) is 0 Å². The van der Waals surface area contributed by atoms with Crippen molar-refractivity contribution in [1.82, 2.24) is 0 Å². The summed E-state index contributed by atoms with van der Waals surface area (Å²) >= 11 is 10.6. The molecule has 0 atom stereocenters. The standard InChI is InChI=1S/C14H11ClF2N2S/c1-7-9(15)3-2-4-10(7)19-11-6-5-8(14(18)20)12(16)13(11)17/h2-6,19H,1H3,(H2,18,20). The van der Waals surface area contributed by atoms with Gasteiger partial charge in [-0.2, -0.15) is 0 Å². The molecular weight excluding hydrogens is 302 g/mol. The Labute approximate surface area is 125 Å². The summed E-state index contributed by atoms with van der Waals surface area (Å²) in [5, 5.41) is 3.34. The van der Waals surface area contributed by atoms with E-state index in [-0.39, 0.29) is 16.2 Å². The Hall–Kier alpha value is -1.72. The first-order chi connectivity index (χ1) is 9.41. The van der Waals surface area contributed by atoms with Gasteiger partial charge >= 0.3 is 0 Å². The third kappa shape index (κ3) is 2.73. The molecule has 20 heavy (non-hydrogen) atoms. The zero-order valence-electron chi connectivity index (χ0n) is 10.5. The van der Waals surface area contributed by atoms with Crippen LogP contribution in [0.25, 0.3) is 0 Å². The molecule has 3 N–H and O–H groups in total. The molecule has 0 aromatic heterocycles. The lowest BCUT2D eigenvalue weighted by Crippen LogP contribution is -2.13. The largest absolute Gasteiger partial charge is 0.389 e. The van der Waals surface area contributed by atoms with Crippen LogP contribution in [0.2, 0.25) is 5.02 Å². The smallest absolute Gasteiger partial charge is 0.182 e. The predicted molar refractivity (Wildman–Crippen MR) is 81.7 cm³/mol. The van der Waals surface area contributed by atoms with Gasteiger partial charge < -0.3 is 11.1 Å². The van der Waals surface area contributed by atoms with Crippen LogP contribution in [0.15, 0.2) is 30.3 Å². The quantitative estimate of drug-likeness (QED) is 0.830. The Morgan fingerprint density at radius 2 is 1.85 bits per heavy atom. The number of nitrogens with one attached hydrogen (secondary N) is 1. The van der Waals surface area contributed by atoms with Gasteiger partial charge in [-0.25, -0.2) is 8.78 Å². The molecule has 0 saturated heterocycles. The molecule has 0 radical (unpaired) electrons. The van der Waals surface area contributed by atoms with Crippen LogP contribution in [0, 0.1) is 18.6 Å². The number of halogens is 3. The van der Waals surface area contributed by atoms with E-state index in [1.54, 1.807) is 25.1 Å². The molecule has 0 aliphatic heterocycles. The van der Waals surface area contributed by atoms with Crippen molar-refractivity contribution in [3.05, 3.63) is 58.1 Å². The Bertz CT molecular complexity index is 689. The topological polar surface area (TPSA) is 38.0 Å². The second-order valence-electron chi connectivity index (χ2n) is 4.19. The lowest BCUT2D eigenvalue weighted by molar-refractivity contribution is 0.510. The molecule has 104 valence electrons. The van der Waals surface area contributed by atoms with Gasteiger partial charge in [-0.15, -0.1) is 0 Å². The van der Waals surface area contributed by atoms with E-state index in [1.165, 1.54) is 12.1 Å². The minimum atomic E-state index is -1.07. The van der Waals surface area contributed by atoms with Crippen molar-refractivity contribution >= 4 is 40.2 Å². The number of thiocarbonyl (C=S) groups is 1. The van der Waals surface area contributed by atoms with Crippen molar-refractivity contribution in [1.29, 1.82) is 0 Å². The molecule has 0 aliphatic rings. The maximum absolute atomic E-state index is 14.0. The summed E-state index contributed by atoms with van der Waals surface area (Å²) in [6, 6.07) is 7.88. The third-order valence-electron chi connectivity index (χ3n) is 2.88. The lowest BCUT2D eigenvalue weighted by Gasteiger charge is -2.13. The summed E-state index contributed by atoms with van der Waals surface area (Å²) in [5.41, 5.74) is 6.53. The van der Waals surface area contributed by atoms with Gasteiger partial charge in [-0.05, 0) is 36.8 Å². The maximum atomic E-state index is 14.0. The minimum absolute atomic E-state index is 0.00660. The summed E-state index contributed by atoms with van der Waals surface area (Å²) in [6.07, 6.45) is 0. The summed E-state index contributed by atoms with van der Waals surface area (Å²) < 4.78 is 27.7. The SMILES string of the molecule is Cc1c(Cl)cccc1Nc1ccc(C(N)=S)c(F)c1F. The molecule has 2 aromatic carbocycles. The molecule has 2 rings (SSSR count). The molecule has 6 heteroatoms. The van der Waals surface area contributed by atoms with E-state index in [1.807, 2.05) is 0 Å². The Morgan fingerprint density at radius 1 is 1.15 bits per heavy atom. The first-order valence-electron chi connectivity index (χ1n) is 5.71. The van der Waals surface area contributed by atoms with Crippen molar-refractivity contribution in [2.45, 2.75) is 6.92 Å². The first kappa shape index (κ1) is 14.7. The number of hydrogen-bond acceptors (Lipinski definition) is 2. The van der Waals surface area contributed by atoms with Gasteiger partial charge in [0.25, 0.3) is 0 Å². The molecule has 0 spiro atoms. The van der Waals surface area contributed by atoms with E-state index in [0.717, 1.165) is 5.56 Å². The molecule has 0 saturated carbocycles. The van der Waals surface area contributed by atoms with E-state index >= 15 is 0 Å². The molecular formula is C14H11ClF2N2S. The molecule has 0 amide bonds. The van der Waals surface area contributed by atoms with Crippen LogP contribution < -0.4 is 11.1 Å². The highest BCUT2D eigenvalue weighted by atomic mass is 35.5. The van der Waals surface area contributed by atoms with Gasteiger partial charge in [-0.1, -0.05) is 29.9 Å². The Morgan fingerprint density at radius 3 is 2.50 bits per heavy atom. The van der Waals surface area contributed by atoms with Crippen LogP contribution in [-0.4, -0.2) is 4.99 Å². The second kappa shape index (κ2) is 5.73. The third-order valence-corrected chi connectivity index (χ3v) is 3.51. The Kier molecular flexibility index (Phi) is 4.20. The molecule has 0 fully saturated rings. The second-order valence-corrected chi connectivity index (χ2v) is 5.04. The molecule has 2 nitrogen and oxygen atoms in total. The lowest BCUT2D eigenvalue weighted by atomic mass is 10.1. The molecule has 2 aromatic rings. The summed E-state index contributed by atoms with van der Waals surface area (Å²) in [6.45, 7) is 1.78. The highest BCUT2D eigenvalue weighted by Gasteiger charge is 2.15. The monoisotopic (exact) mass is 312 g/mol. The first-order valence-corrected chi connectivity index (χ1v) is 6.50. The summed E-state index contributed by atoms with van der Waals surface area (Å²) in [4.78, 5) is -0.188. The van der Waals surface area contributed by atoms with Crippen molar-refractivity contribution < 1.29 is 8.78 Å². The predicted octanol–water partition coefficient (Wildman–Crippen LogP) is 4.30. The molecule has 0 aliphatic carbocycles. The average Bonchev–Trinajstić information content (AvgIpc) is 2.40. The average molecular weight is 313 g/mol. The summed E-state index contributed by atoms with van der Waals surface area (Å²) in [5.74, 6) is -2.10. The van der Waals surface area contributed by atoms with E-state index in [0.29, 0.717) is 10.7 Å². The van der Waals surface area contributed by atoms with Crippen molar-refractivity contribution in [3.63, 3.8) is 0 Å². The highest BCUT2D eigenvalue weighted by Crippen LogP contribution is 2.28. The van der Waals surface area contributed by atoms with E-state index < -0.39 is 11.6 Å². The fourth-order valence-electron chi connectivity index (χ4n) is 1.72. The molecule has 0 unspecified atom stereocenters. The maximum Gasteiger partial charge on any atom is 0.182 e. The number of nitrogens with two attached hydrogens (primary N) is 1. The van der Waals surface area contributed by atoms with Gasteiger partial charge in [0.15, 0.2) is 11.6 Å². The molecule has 0 bridgehead atoms. The minimum Gasteiger partial charge on any atom is -0.389 e. The van der Waals surface area contributed by atoms with Crippen LogP contribution in [0.5, 0.6) is 0 Å². The fraction of sp³-hybridized carbons (Fsp3) is 0.0714. The van der Waals surface area contributed by atoms with Gasteiger partial charge in [0.1, 0.15) is 4.99 Å². The Balaban J connectivity index is 2.42. The number of anilines is 2. The normalized spacial score (nSPS) is 10.4. The number of rotatable bonds is 3. The van der Waals surface area contributed by atoms with Crippen LogP contribution >= 0.6 is 23.8 Å². The van der Waals surface area contributed by atoms with Crippen LogP contribution in [0.3, 0.4) is 0 Å². The number of benzene rings is 2. The van der Waals surface area contributed by atoms with Crippen molar-refractivity contribution in [2.24, 2.45) is 5.73 Å². The zero-order chi connectivity index (χ0) is 14.9. The van der Waals surface area contributed by atoms with E-state index in [2.05, 4.69) is 17.5 Å². The van der Waals surface area contributed by atoms with Gasteiger partial charge in [0.05, 0.1) is 5.69 Å². The fourth-order valence-corrected chi connectivity index (χ4v) is 2.06. The van der Waals surface area contributed by atoms with Crippen LogP contribution in [0.4, 0.5) is 20.2 Å². The number of hydrogen-bond donors (Lipinski definition) is 2. The van der Waals surface area contributed by atoms with Crippen LogP contribution in [0.1, 0.15) is 11.1 Å². The van der Waals surface area contributed by atoms with Crippen molar-refractivity contribution in [3.8, 4) is 0 Å². The highest BCUT2D eigenvalue weighted by molar-refractivity contribution is 7.80. The summed E-state index contributed by atoms with van der Waals surface area (Å²) in [7, 11) is 0. The molecule has 0 heterocycles. The van der Waals surface area contributed by atoms with Crippen LogP contribution in [-0.2, 0) is 0 Å². The van der Waals surface area contributed by atoms with Gasteiger partial charge in [0, 0.05) is 16.3 Å².